The SMILES string of the molecule is Cc1cc(C)c(S(=O)(=O)Nc2ccccc2F)cc1CO. The predicted molar refractivity (Wildman–Crippen MR) is 79.0 cm³/mol. The Morgan fingerprint density at radius 1 is 1.14 bits per heavy atom. The monoisotopic (exact) mass is 309 g/mol. The second kappa shape index (κ2) is 5.83. The normalized spacial score (nSPS) is 11.4. The Hall–Kier alpha value is -1.92. The van der Waals surface area contributed by atoms with Gasteiger partial charge in [-0.25, -0.2) is 12.8 Å². The third kappa shape index (κ3) is 3.22. The number of anilines is 1. The molecule has 0 aliphatic carbocycles. The summed E-state index contributed by atoms with van der Waals surface area (Å²) in [5, 5.41) is 9.26. The first-order valence-corrected chi connectivity index (χ1v) is 7.82. The Morgan fingerprint density at radius 2 is 1.81 bits per heavy atom. The molecular formula is C15H16FNO3S. The molecule has 0 amide bonds. The van der Waals surface area contributed by atoms with Gasteiger partial charge < -0.3 is 5.11 Å². The molecule has 0 heterocycles. The predicted octanol–water partition coefficient (Wildman–Crippen LogP) is 2.74. The molecule has 2 aromatic carbocycles. The smallest absolute Gasteiger partial charge is 0.262 e. The summed E-state index contributed by atoms with van der Waals surface area (Å²) in [7, 11) is -3.92. The number of aliphatic hydroxyl groups is 1. The lowest BCUT2D eigenvalue weighted by molar-refractivity contribution is 0.280. The molecular weight excluding hydrogens is 293 g/mol. The minimum absolute atomic E-state index is 0.0282. The molecule has 4 nitrogen and oxygen atoms in total. The summed E-state index contributed by atoms with van der Waals surface area (Å²) in [5.74, 6) is -0.645. The molecule has 0 aliphatic heterocycles. The van der Waals surface area contributed by atoms with Crippen molar-refractivity contribution in [2.45, 2.75) is 25.3 Å². The van der Waals surface area contributed by atoms with Crippen molar-refractivity contribution in [2.24, 2.45) is 0 Å². The second-order valence-electron chi connectivity index (χ2n) is 4.79. The fraction of sp³-hybridized carbons (Fsp3) is 0.200. The highest BCUT2D eigenvalue weighted by atomic mass is 32.2. The molecule has 0 fully saturated rings. The number of hydrogen-bond donors (Lipinski definition) is 2. The first-order valence-electron chi connectivity index (χ1n) is 6.33. The van der Waals surface area contributed by atoms with Crippen molar-refractivity contribution in [1.82, 2.24) is 0 Å². The van der Waals surface area contributed by atoms with Crippen LogP contribution < -0.4 is 4.72 Å². The van der Waals surface area contributed by atoms with Crippen LogP contribution in [0, 0.1) is 19.7 Å². The third-order valence-corrected chi connectivity index (χ3v) is 4.72. The Morgan fingerprint density at radius 3 is 2.43 bits per heavy atom. The summed E-state index contributed by atoms with van der Waals surface area (Å²) in [6.45, 7) is 3.19. The highest BCUT2D eigenvalue weighted by Crippen LogP contribution is 2.24. The van der Waals surface area contributed by atoms with Crippen molar-refractivity contribution < 1.29 is 17.9 Å². The summed E-state index contributed by atoms with van der Waals surface area (Å²) in [4.78, 5) is 0.0282. The van der Waals surface area contributed by atoms with Crippen molar-refractivity contribution in [3.05, 3.63) is 58.9 Å². The number of aryl methyl sites for hydroxylation is 2. The van der Waals surface area contributed by atoms with Crippen LogP contribution in [0.3, 0.4) is 0 Å². The van der Waals surface area contributed by atoms with E-state index >= 15 is 0 Å². The van der Waals surface area contributed by atoms with Crippen molar-refractivity contribution >= 4 is 15.7 Å². The average molecular weight is 309 g/mol. The van der Waals surface area contributed by atoms with E-state index in [2.05, 4.69) is 4.72 Å². The minimum Gasteiger partial charge on any atom is -0.392 e. The van der Waals surface area contributed by atoms with E-state index in [4.69, 9.17) is 0 Å². The van der Waals surface area contributed by atoms with Gasteiger partial charge in [0.2, 0.25) is 0 Å². The zero-order valence-electron chi connectivity index (χ0n) is 11.7. The summed E-state index contributed by atoms with van der Waals surface area (Å²) in [5.41, 5.74) is 1.76. The molecule has 6 heteroatoms. The van der Waals surface area contributed by atoms with Crippen LogP contribution >= 0.6 is 0 Å². The summed E-state index contributed by atoms with van der Waals surface area (Å²) in [6.07, 6.45) is 0. The first kappa shape index (κ1) is 15.5. The number of hydrogen-bond acceptors (Lipinski definition) is 3. The van der Waals surface area contributed by atoms with Gasteiger partial charge in [-0.05, 0) is 48.7 Å². The fourth-order valence-electron chi connectivity index (χ4n) is 2.08. The standard InChI is InChI=1S/C15H16FNO3S/c1-10-7-11(2)15(8-12(10)9-18)21(19,20)17-14-6-4-3-5-13(14)16/h3-8,17-18H,9H2,1-2H3. The summed E-state index contributed by atoms with van der Waals surface area (Å²) >= 11 is 0. The molecule has 0 bridgehead atoms. The molecule has 0 radical (unpaired) electrons. The Labute approximate surface area is 123 Å². The highest BCUT2D eigenvalue weighted by molar-refractivity contribution is 7.92. The molecule has 2 aromatic rings. The maximum atomic E-state index is 13.6. The van der Waals surface area contributed by atoms with Crippen LogP contribution in [0.15, 0.2) is 41.3 Å². The van der Waals surface area contributed by atoms with E-state index in [0.29, 0.717) is 11.1 Å². The quantitative estimate of drug-likeness (QED) is 0.912. The lowest BCUT2D eigenvalue weighted by atomic mass is 10.1. The third-order valence-electron chi connectivity index (χ3n) is 3.21. The molecule has 0 saturated carbocycles. The van der Waals surface area contributed by atoms with Gasteiger partial charge in [0.05, 0.1) is 17.2 Å². The molecule has 112 valence electrons. The first-order chi connectivity index (χ1) is 9.85. The van der Waals surface area contributed by atoms with Crippen molar-refractivity contribution in [1.29, 1.82) is 0 Å². The van der Waals surface area contributed by atoms with Gasteiger partial charge in [0.15, 0.2) is 0 Å². The molecule has 0 spiro atoms. The number of sulfonamides is 1. The minimum atomic E-state index is -3.92. The van der Waals surface area contributed by atoms with Gasteiger partial charge in [0, 0.05) is 0 Å². The maximum Gasteiger partial charge on any atom is 0.262 e. The number of nitrogens with one attached hydrogen (secondary N) is 1. The van der Waals surface area contributed by atoms with E-state index in [1.807, 2.05) is 0 Å². The van der Waals surface area contributed by atoms with Gasteiger partial charge >= 0.3 is 0 Å². The van der Waals surface area contributed by atoms with Crippen LogP contribution in [-0.4, -0.2) is 13.5 Å². The molecule has 2 rings (SSSR count). The molecule has 0 saturated heterocycles. The molecule has 0 unspecified atom stereocenters. The Balaban J connectivity index is 2.47. The number of benzene rings is 2. The van der Waals surface area contributed by atoms with Crippen molar-refractivity contribution in [2.75, 3.05) is 4.72 Å². The van der Waals surface area contributed by atoms with E-state index in [0.717, 1.165) is 5.56 Å². The van der Waals surface area contributed by atoms with Gasteiger partial charge in [-0.1, -0.05) is 18.2 Å². The average Bonchev–Trinajstić information content (AvgIpc) is 2.41. The molecule has 0 aromatic heterocycles. The zero-order chi connectivity index (χ0) is 15.6. The van der Waals surface area contributed by atoms with E-state index in [1.165, 1.54) is 24.3 Å². The van der Waals surface area contributed by atoms with E-state index < -0.39 is 15.8 Å². The number of para-hydroxylation sites is 1. The van der Waals surface area contributed by atoms with Crippen LogP contribution in [0.4, 0.5) is 10.1 Å². The van der Waals surface area contributed by atoms with E-state index in [9.17, 15) is 17.9 Å². The lowest BCUT2D eigenvalue weighted by Gasteiger charge is -2.13. The van der Waals surface area contributed by atoms with Crippen LogP contribution in [0.1, 0.15) is 16.7 Å². The lowest BCUT2D eigenvalue weighted by Crippen LogP contribution is -2.16. The van der Waals surface area contributed by atoms with Gasteiger partial charge in [0.25, 0.3) is 10.0 Å². The second-order valence-corrected chi connectivity index (χ2v) is 6.44. The van der Waals surface area contributed by atoms with Crippen LogP contribution in [0.25, 0.3) is 0 Å². The zero-order valence-corrected chi connectivity index (χ0v) is 12.5. The number of rotatable bonds is 4. The van der Waals surface area contributed by atoms with Crippen LogP contribution in [0.5, 0.6) is 0 Å². The number of aliphatic hydroxyl groups excluding tert-OH is 1. The highest BCUT2D eigenvalue weighted by Gasteiger charge is 2.19. The maximum absolute atomic E-state index is 13.6. The molecule has 0 atom stereocenters. The molecule has 2 N–H and O–H groups in total. The number of halogens is 1. The fourth-order valence-corrected chi connectivity index (χ4v) is 3.42. The Kier molecular flexibility index (Phi) is 4.29. The summed E-state index contributed by atoms with van der Waals surface area (Å²) < 4.78 is 40.6. The van der Waals surface area contributed by atoms with E-state index in [-0.39, 0.29) is 17.2 Å². The van der Waals surface area contributed by atoms with Gasteiger partial charge in [-0.15, -0.1) is 0 Å². The van der Waals surface area contributed by atoms with E-state index in [1.54, 1.807) is 26.0 Å². The van der Waals surface area contributed by atoms with Gasteiger partial charge in [-0.3, -0.25) is 4.72 Å². The summed E-state index contributed by atoms with van der Waals surface area (Å²) in [6, 6.07) is 8.65. The van der Waals surface area contributed by atoms with Crippen LogP contribution in [0.2, 0.25) is 0 Å². The van der Waals surface area contributed by atoms with Gasteiger partial charge in [-0.2, -0.15) is 0 Å². The molecule has 21 heavy (non-hydrogen) atoms. The topological polar surface area (TPSA) is 66.4 Å². The van der Waals surface area contributed by atoms with Crippen LogP contribution in [-0.2, 0) is 16.6 Å². The largest absolute Gasteiger partial charge is 0.392 e. The van der Waals surface area contributed by atoms with Crippen molar-refractivity contribution in [3.8, 4) is 0 Å². The Bertz CT molecular complexity index is 772. The van der Waals surface area contributed by atoms with Gasteiger partial charge in [0.1, 0.15) is 5.82 Å². The van der Waals surface area contributed by atoms with Crippen molar-refractivity contribution in [3.63, 3.8) is 0 Å². The molecule has 0 aliphatic rings.